The van der Waals surface area contributed by atoms with Crippen molar-refractivity contribution in [1.29, 1.82) is 0 Å². The first-order chi connectivity index (χ1) is 9.93. The Bertz CT molecular complexity index is 571. The summed E-state index contributed by atoms with van der Waals surface area (Å²) in [5.41, 5.74) is -0.00868. The van der Waals surface area contributed by atoms with Crippen LogP contribution >= 0.6 is 11.6 Å². The van der Waals surface area contributed by atoms with Crippen LogP contribution in [0.3, 0.4) is 0 Å². The van der Waals surface area contributed by atoms with Crippen LogP contribution < -0.4 is 9.47 Å². The Labute approximate surface area is 127 Å². The maximum atomic E-state index is 11.9. The van der Waals surface area contributed by atoms with Gasteiger partial charge in [-0.3, -0.25) is 4.79 Å². The molecular weight excluding hydrogens is 298 g/mol. The van der Waals surface area contributed by atoms with E-state index in [4.69, 9.17) is 26.2 Å². The number of methoxy groups -OCH3 is 1. The lowest BCUT2D eigenvalue weighted by Gasteiger charge is -2.18. The third kappa shape index (κ3) is 3.58. The summed E-state index contributed by atoms with van der Waals surface area (Å²) >= 11 is 6.00. The van der Waals surface area contributed by atoms with E-state index < -0.39 is 5.97 Å². The lowest BCUT2D eigenvalue weighted by molar-refractivity contribution is -0.132. The van der Waals surface area contributed by atoms with Gasteiger partial charge in [0.25, 0.3) is 5.91 Å². The minimum atomic E-state index is -1.12. The van der Waals surface area contributed by atoms with Crippen LogP contribution in [0.2, 0.25) is 5.02 Å². The highest BCUT2D eigenvalue weighted by Crippen LogP contribution is 2.36. The highest BCUT2D eigenvalue weighted by molar-refractivity contribution is 6.32. The number of carbonyl (C=O) groups is 2. The molecule has 0 bridgehead atoms. The van der Waals surface area contributed by atoms with Crippen molar-refractivity contribution in [1.82, 2.24) is 4.90 Å². The molecule has 1 aromatic rings. The van der Waals surface area contributed by atoms with Gasteiger partial charge in [-0.1, -0.05) is 11.6 Å². The van der Waals surface area contributed by atoms with E-state index in [1.807, 2.05) is 0 Å². The summed E-state index contributed by atoms with van der Waals surface area (Å²) in [6.45, 7) is -0.171. The summed E-state index contributed by atoms with van der Waals surface area (Å²) in [5.74, 6) is -0.923. The number of hydrogen-bond acceptors (Lipinski definition) is 4. The van der Waals surface area contributed by atoms with E-state index in [0.29, 0.717) is 6.04 Å². The number of hydrogen-bond donors (Lipinski definition) is 1. The smallest absolute Gasteiger partial charge is 0.335 e. The molecule has 1 N–H and O–H groups in total. The number of rotatable bonds is 6. The fraction of sp³-hybridized carbons (Fsp3) is 0.429. The molecule has 1 aromatic carbocycles. The standard InChI is InChI=1S/C14H16ClNO5/c1-16(9-3-4-9)12(17)7-21-13-10(15)5-8(14(18)19)6-11(13)20-2/h5-6,9H,3-4,7H2,1-2H3,(H,18,19). The largest absolute Gasteiger partial charge is 0.493 e. The summed E-state index contributed by atoms with van der Waals surface area (Å²) in [6, 6.07) is 2.86. The van der Waals surface area contributed by atoms with Crippen LogP contribution in [-0.2, 0) is 4.79 Å². The number of nitrogens with zero attached hydrogens (tertiary/aromatic N) is 1. The van der Waals surface area contributed by atoms with Gasteiger partial charge in [0.2, 0.25) is 0 Å². The first kappa shape index (κ1) is 15.4. The molecule has 0 unspecified atom stereocenters. The number of carboxylic acids is 1. The summed E-state index contributed by atoms with van der Waals surface area (Å²) in [5, 5.41) is 9.05. The van der Waals surface area contributed by atoms with Crippen LogP contribution in [0, 0.1) is 0 Å². The van der Waals surface area contributed by atoms with E-state index in [9.17, 15) is 9.59 Å². The molecule has 21 heavy (non-hydrogen) atoms. The Balaban J connectivity index is 2.11. The number of ether oxygens (including phenoxy) is 2. The quantitative estimate of drug-likeness (QED) is 0.870. The summed E-state index contributed by atoms with van der Waals surface area (Å²) in [4.78, 5) is 24.5. The molecule has 0 aliphatic heterocycles. The lowest BCUT2D eigenvalue weighted by Crippen LogP contribution is -2.33. The molecule has 0 heterocycles. The molecule has 2 rings (SSSR count). The topological polar surface area (TPSA) is 76.1 Å². The number of carboxylic acid groups (broad SMARTS) is 1. The predicted molar refractivity (Wildman–Crippen MR) is 76.3 cm³/mol. The zero-order valence-electron chi connectivity index (χ0n) is 11.8. The van der Waals surface area contributed by atoms with Gasteiger partial charge in [0.05, 0.1) is 17.7 Å². The average molecular weight is 314 g/mol. The Hall–Kier alpha value is -1.95. The number of likely N-dealkylation sites (N-methyl/N-ethyl adjacent to an activating group) is 1. The highest BCUT2D eigenvalue weighted by Gasteiger charge is 2.30. The highest BCUT2D eigenvalue weighted by atomic mass is 35.5. The zero-order chi connectivity index (χ0) is 15.6. The van der Waals surface area contributed by atoms with E-state index in [1.54, 1.807) is 11.9 Å². The van der Waals surface area contributed by atoms with Crippen LogP contribution in [0.1, 0.15) is 23.2 Å². The maximum Gasteiger partial charge on any atom is 0.335 e. The second-order valence-corrected chi connectivity index (χ2v) is 5.23. The molecule has 114 valence electrons. The van der Waals surface area contributed by atoms with Gasteiger partial charge < -0.3 is 19.5 Å². The fourth-order valence-corrected chi connectivity index (χ4v) is 2.15. The first-order valence-electron chi connectivity index (χ1n) is 6.43. The van der Waals surface area contributed by atoms with Gasteiger partial charge in [0.15, 0.2) is 18.1 Å². The van der Waals surface area contributed by atoms with Crippen molar-refractivity contribution in [2.45, 2.75) is 18.9 Å². The molecule has 0 aromatic heterocycles. The van der Waals surface area contributed by atoms with Crippen LogP contribution in [0.5, 0.6) is 11.5 Å². The molecule has 1 amide bonds. The minimum Gasteiger partial charge on any atom is -0.493 e. The Morgan fingerprint density at radius 2 is 2.10 bits per heavy atom. The Kier molecular flexibility index (Phi) is 4.57. The van der Waals surface area contributed by atoms with Gasteiger partial charge in [-0.05, 0) is 25.0 Å². The van der Waals surface area contributed by atoms with Crippen molar-refractivity contribution >= 4 is 23.5 Å². The fourth-order valence-electron chi connectivity index (χ4n) is 1.88. The molecule has 0 saturated heterocycles. The SMILES string of the molecule is COc1cc(C(=O)O)cc(Cl)c1OCC(=O)N(C)C1CC1. The van der Waals surface area contributed by atoms with Gasteiger partial charge >= 0.3 is 5.97 Å². The number of amides is 1. The molecule has 1 aliphatic carbocycles. The van der Waals surface area contributed by atoms with Crippen LogP contribution in [0.25, 0.3) is 0 Å². The predicted octanol–water partition coefficient (Wildman–Crippen LogP) is 2.05. The number of carbonyl (C=O) groups excluding carboxylic acids is 1. The van der Waals surface area contributed by atoms with E-state index in [-0.39, 0.29) is 34.6 Å². The molecule has 1 saturated carbocycles. The lowest BCUT2D eigenvalue weighted by atomic mass is 10.2. The third-order valence-electron chi connectivity index (χ3n) is 3.30. The molecule has 7 heteroatoms. The van der Waals surface area contributed by atoms with Gasteiger partial charge in [-0.25, -0.2) is 4.79 Å². The van der Waals surface area contributed by atoms with Crippen LogP contribution in [0.15, 0.2) is 12.1 Å². The maximum absolute atomic E-state index is 11.9. The minimum absolute atomic E-state index is 0.00868. The Morgan fingerprint density at radius 1 is 1.43 bits per heavy atom. The monoisotopic (exact) mass is 313 g/mol. The van der Waals surface area contributed by atoms with E-state index >= 15 is 0 Å². The van der Waals surface area contributed by atoms with Crippen molar-refractivity contribution in [3.8, 4) is 11.5 Å². The molecule has 1 fully saturated rings. The van der Waals surface area contributed by atoms with E-state index in [0.717, 1.165) is 12.8 Å². The van der Waals surface area contributed by atoms with Crippen molar-refractivity contribution < 1.29 is 24.2 Å². The molecule has 0 radical (unpaired) electrons. The van der Waals surface area contributed by atoms with Gasteiger partial charge in [-0.15, -0.1) is 0 Å². The number of aromatic carboxylic acids is 1. The Morgan fingerprint density at radius 3 is 2.62 bits per heavy atom. The van der Waals surface area contributed by atoms with E-state index in [2.05, 4.69) is 0 Å². The van der Waals surface area contributed by atoms with Crippen molar-refractivity contribution in [3.63, 3.8) is 0 Å². The van der Waals surface area contributed by atoms with Crippen molar-refractivity contribution in [2.24, 2.45) is 0 Å². The number of halogens is 1. The zero-order valence-corrected chi connectivity index (χ0v) is 12.5. The summed E-state index contributed by atoms with van der Waals surface area (Å²) < 4.78 is 10.5. The summed E-state index contributed by atoms with van der Waals surface area (Å²) in [7, 11) is 3.11. The van der Waals surface area contributed by atoms with Crippen molar-refractivity contribution in [2.75, 3.05) is 20.8 Å². The van der Waals surface area contributed by atoms with E-state index in [1.165, 1.54) is 19.2 Å². The molecular formula is C14H16ClNO5. The van der Waals surface area contributed by atoms with Crippen LogP contribution in [-0.4, -0.2) is 48.7 Å². The first-order valence-corrected chi connectivity index (χ1v) is 6.81. The average Bonchev–Trinajstić information content (AvgIpc) is 3.28. The molecule has 0 spiro atoms. The van der Waals surface area contributed by atoms with Gasteiger partial charge in [-0.2, -0.15) is 0 Å². The summed E-state index contributed by atoms with van der Waals surface area (Å²) in [6.07, 6.45) is 2.03. The number of benzene rings is 1. The molecule has 1 aliphatic rings. The normalized spacial score (nSPS) is 13.7. The third-order valence-corrected chi connectivity index (χ3v) is 3.59. The van der Waals surface area contributed by atoms with Crippen LogP contribution in [0.4, 0.5) is 0 Å². The second kappa shape index (κ2) is 6.22. The molecule has 6 nitrogen and oxygen atoms in total. The molecule has 0 atom stereocenters. The van der Waals surface area contributed by atoms with Gasteiger partial charge in [0.1, 0.15) is 0 Å². The van der Waals surface area contributed by atoms with Gasteiger partial charge in [0, 0.05) is 13.1 Å². The second-order valence-electron chi connectivity index (χ2n) is 4.82. The van der Waals surface area contributed by atoms with Crippen molar-refractivity contribution in [3.05, 3.63) is 22.7 Å².